The molecule has 5 heteroatoms. The van der Waals surface area contributed by atoms with E-state index in [9.17, 15) is 8.42 Å². The third-order valence-electron chi connectivity index (χ3n) is 3.89. The predicted octanol–water partition coefficient (Wildman–Crippen LogP) is 5.22. The van der Waals surface area contributed by atoms with Crippen molar-refractivity contribution < 1.29 is 8.42 Å². The van der Waals surface area contributed by atoms with E-state index in [1.54, 1.807) is 18.2 Å². The van der Waals surface area contributed by atoms with Gasteiger partial charge >= 0.3 is 0 Å². The minimum absolute atomic E-state index is 0.295. The van der Waals surface area contributed by atoms with E-state index in [4.69, 9.17) is 0 Å². The van der Waals surface area contributed by atoms with Gasteiger partial charge in [-0.3, -0.25) is 0 Å². The minimum Gasteiger partial charge on any atom is -0.338 e. The van der Waals surface area contributed by atoms with Crippen molar-refractivity contribution in [2.24, 2.45) is 0 Å². The van der Waals surface area contributed by atoms with Gasteiger partial charge < -0.3 is 4.98 Å². The molecule has 0 unspecified atom stereocenters. The number of aromatic amines is 1. The van der Waals surface area contributed by atoms with Crippen LogP contribution in [0.25, 0.3) is 22.4 Å². The standard InChI is InChI=1S/C14H12N2O2S.C6H14/c1-19(17,18)11-7-8-12-13(9-11)16-14(15-12)10-5-3-2-4-6-10;1-3-5-6-4-2/h2-9H,1H3,(H,15,16);3-6H2,1-2H3. The van der Waals surface area contributed by atoms with Crippen LogP contribution in [0, 0.1) is 0 Å². The number of benzene rings is 2. The van der Waals surface area contributed by atoms with Gasteiger partial charge in [-0.15, -0.1) is 0 Å². The van der Waals surface area contributed by atoms with Crippen LogP contribution in [0.3, 0.4) is 0 Å². The van der Waals surface area contributed by atoms with E-state index in [-0.39, 0.29) is 0 Å². The number of H-pyrrole nitrogens is 1. The van der Waals surface area contributed by atoms with Crippen molar-refractivity contribution >= 4 is 20.9 Å². The number of imidazole rings is 1. The average molecular weight is 359 g/mol. The molecule has 0 radical (unpaired) electrons. The summed E-state index contributed by atoms with van der Waals surface area (Å²) in [7, 11) is -3.20. The minimum atomic E-state index is -3.20. The van der Waals surface area contributed by atoms with E-state index >= 15 is 0 Å². The molecule has 0 aliphatic rings. The summed E-state index contributed by atoms with van der Waals surface area (Å²) in [5, 5.41) is 0. The zero-order valence-corrected chi connectivity index (χ0v) is 15.9. The number of nitrogens with one attached hydrogen (secondary N) is 1. The number of unbranched alkanes of at least 4 members (excludes halogenated alkanes) is 3. The first kappa shape index (κ1) is 19.2. The molecule has 2 aromatic carbocycles. The van der Waals surface area contributed by atoms with Gasteiger partial charge in [-0.05, 0) is 18.2 Å². The number of hydrogen-bond donors (Lipinski definition) is 1. The third kappa shape index (κ3) is 5.43. The Morgan fingerprint density at radius 1 is 0.960 bits per heavy atom. The van der Waals surface area contributed by atoms with E-state index in [1.807, 2.05) is 30.3 Å². The smallest absolute Gasteiger partial charge is 0.175 e. The van der Waals surface area contributed by atoms with E-state index in [0.29, 0.717) is 4.90 Å². The van der Waals surface area contributed by atoms with Crippen LogP contribution in [0.2, 0.25) is 0 Å². The second kappa shape index (κ2) is 8.81. The first-order valence-electron chi connectivity index (χ1n) is 8.71. The van der Waals surface area contributed by atoms with Crippen LogP contribution < -0.4 is 0 Å². The maximum Gasteiger partial charge on any atom is 0.175 e. The molecule has 1 N–H and O–H groups in total. The molecule has 1 aromatic heterocycles. The van der Waals surface area contributed by atoms with Crippen molar-refractivity contribution in [3.63, 3.8) is 0 Å². The molecule has 3 aromatic rings. The highest BCUT2D eigenvalue weighted by molar-refractivity contribution is 7.90. The lowest BCUT2D eigenvalue weighted by Crippen LogP contribution is -1.96. The molecule has 3 rings (SSSR count). The molecule has 0 atom stereocenters. The lowest BCUT2D eigenvalue weighted by molar-refractivity contribution is 0.602. The highest BCUT2D eigenvalue weighted by Crippen LogP contribution is 2.22. The normalized spacial score (nSPS) is 11.2. The Balaban J connectivity index is 0.000000326. The van der Waals surface area contributed by atoms with Crippen LogP contribution in [0.1, 0.15) is 39.5 Å². The summed E-state index contributed by atoms with van der Waals surface area (Å²) >= 11 is 0. The van der Waals surface area contributed by atoms with E-state index in [0.717, 1.165) is 22.4 Å². The lowest BCUT2D eigenvalue weighted by atomic mass is 10.2. The monoisotopic (exact) mass is 358 g/mol. The van der Waals surface area contributed by atoms with E-state index < -0.39 is 9.84 Å². The van der Waals surface area contributed by atoms with Gasteiger partial charge in [0.05, 0.1) is 15.9 Å². The van der Waals surface area contributed by atoms with Crippen LogP contribution in [-0.4, -0.2) is 24.6 Å². The van der Waals surface area contributed by atoms with Crippen LogP contribution in [-0.2, 0) is 9.84 Å². The number of rotatable bonds is 5. The molecule has 134 valence electrons. The maximum atomic E-state index is 11.5. The zero-order chi connectivity index (χ0) is 18.3. The number of nitrogens with zero attached hydrogens (tertiary/aromatic N) is 1. The predicted molar refractivity (Wildman–Crippen MR) is 104 cm³/mol. The van der Waals surface area contributed by atoms with Crippen LogP contribution in [0.15, 0.2) is 53.4 Å². The summed E-state index contributed by atoms with van der Waals surface area (Å²) in [4.78, 5) is 7.90. The number of aromatic nitrogens is 2. The molecule has 0 aliphatic heterocycles. The highest BCUT2D eigenvalue weighted by atomic mass is 32.2. The molecule has 0 saturated carbocycles. The van der Waals surface area contributed by atoms with Gasteiger partial charge in [0.2, 0.25) is 0 Å². The fourth-order valence-corrected chi connectivity index (χ4v) is 3.10. The first-order valence-corrected chi connectivity index (χ1v) is 10.6. The fourth-order valence-electron chi connectivity index (χ4n) is 2.45. The second-order valence-electron chi connectivity index (χ2n) is 6.11. The number of sulfone groups is 1. The van der Waals surface area contributed by atoms with Gasteiger partial charge in [0.15, 0.2) is 9.84 Å². The molecule has 0 bridgehead atoms. The molecule has 0 spiro atoms. The van der Waals surface area contributed by atoms with Crippen LogP contribution >= 0.6 is 0 Å². The Hall–Kier alpha value is -2.14. The molecular formula is C20H26N2O2S. The summed E-state index contributed by atoms with van der Waals surface area (Å²) < 4.78 is 23.0. The molecule has 4 nitrogen and oxygen atoms in total. The summed E-state index contributed by atoms with van der Waals surface area (Å²) in [5.41, 5.74) is 2.45. The quantitative estimate of drug-likeness (QED) is 0.636. The summed E-state index contributed by atoms with van der Waals surface area (Å²) in [6.07, 6.45) is 6.73. The highest BCUT2D eigenvalue weighted by Gasteiger charge is 2.10. The Morgan fingerprint density at radius 3 is 2.16 bits per heavy atom. The van der Waals surface area contributed by atoms with Gasteiger partial charge in [0.25, 0.3) is 0 Å². The summed E-state index contributed by atoms with van der Waals surface area (Å²) in [5.74, 6) is 0.737. The summed E-state index contributed by atoms with van der Waals surface area (Å²) in [6, 6.07) is 14.6. The van der Waals surface area contributed by atoms with Gasteiger partial charge in [0, 0.05) is 11.8 Å². The van der Waals surface area contributed by atoms with Gasteiger partial charge in [-0.1, -0.05) is 69.9 Å². The van der Waals surface area contributed by atoms with Crippen molar-refractivity contribution in [1.29, 1.82) is 0 Å². The topological polar surface area (TPSA) is 62.8 Å². The maximum absolute atomic E-state index is 11.5. The SMILES string of the molecule is CCCCCC.CS(=O)(=O)c1ccc2nc(-c3ccccc3)[nH]c2c1. The fraction of sp³-hybridized carbons (Fsp3) is 0.350. The number of fused-ring (bicyclic) bond motifs is 1. The average Bonchev–Trinajstić information content (AvgIpc) is 3.04. The second-order valence-corrected chi connectivity index (χ2v) is 8.13. The molecule has 0 amide bonds. The van der Waals surface area contributed by atoms with Crippen molar-refractivity contribution in [1.82, 2.24) is 9.97 Å². The van der Waals surface area contributed by atoms with Gasteiger partial charge in [-0.2, -0.15) is 0 Å². The lowest BCUT2D eigenvalue weighted by Gasteiger charge is -1.96. The van der Waals surface area contributed by atoms with E-state index in [2.05, 4.69) is 23.8 Å². The molecule has 0 saturated heterocycles. The van der Waals surface area contributed by atoms with Crippen molar-refractivity contribution in [2.75, 3.05) is 6.26 Å². The van der Waals surface area contributed by atoms with E-state index in [1.165, 1.54) is 31.9 Å². The zero-order valence-electron chi connectivity index (χ0n) is 15.1. The van der Waals surface area contributed by atoms with Crippen molar-refractivity contribution in [3.05, 3.63) is 48.5 Å². The van der Waals surface area contributed by atoms with Gasteiger partial charge in [0.1, 0.15) is 5.82 Å². The third-order valence-corrected chi connectivity index (χ3v) is 5.00. The Morgan fingerprint density at radius 2 is 1.60 bits per heavy atom. The van der Waals surface area contributed by atoms with Crippen molar-refractivity contribution in [3.8, 4) is 11.4 Å². The van der Waals surface area contributed by atoms with Gasteiger partial charge in [-0.25, -0.2) is 13.4 Å². The van der Waals surface area contributed by atoms with Crippen LogP contribution in [0.4, 0.5) is 0 Å². The Kier molecular flexibility index (Phi) is 6.76. The molecule has 0 aliphatic carbocycles. The molecule has 25 heavy (non-hydrogen) atoms. The molecule has 0 fully saturated rings. The molecular weight excluding hydrogens is 332 g/mol. The van der Waals surface area contributed by atoms with Crippen LogP contribution in [0.5, 0.6) is 0 Å². The first-order chi connectivity index (χ1) is 12.0. The largest absolute Gasteiger partial charge is 0.338 e. The van der Waals surface area contributed by atoms with Crippen molar-refractivity contribution in [2.45, 2.75) is 44.4 Å². The summed E-state index contributed by atoms with van der Waals surface area (Å²) in [6.45, 7) is 4.46. The molecule has 1 heterocycles. The Bertz CT molecular complexity index is 896. The Labute approximate surface area is 150 Å². The number of hydrogen-bond acceptors (Lipinski definition) is 3.